The van der Waals surface area contributed by atoms with Crippen molar-refractivity contribution in [1.29, 1.82) is 0 Å². The van der Waals surface area contributed by atoms with E-state index in [4.69, 9.17) is 4.74 Å². The quantitative estimate of drug-likeness (QED) is 0.585. The first kappa shape index (κ1) is 20.0. The zero-order valence-electron chi connectivity index (χ0n) is 14.4. The number of anilines is 1. The molecule has 0 bridgehead atoms. The third-order valence-corrected chi connectivity index (χ3v) is 3.71. The lowest BCUT2D eigenvalue weighted by Crippen LogP contribution is -2.33. The number of halogens is 3. The van der Waals surface area contributed by atoms with Gasteiger partial charge in [-0.25, -0.2) is 0 Å². The Labute approximate surface area is 152 Å². The Morgan fingerprint density at radius 3 is 2.44 bits per heavy atom. The highest BCUT2D eigenvalue weighted by atomic mass is 19.4. The summed E-state index contributed by atoms with van der Waals surface area (Å²) in [4.78, 5) is 21.8. The van der Waals surface area contributed by atoms with Crippen LogP contribution in [0, 0.1) is 24.0 Å². The molecule has 0 radical (unpaired) electrons. The Morgan fingerprint density at radius 2 is 1.85 bits per heavy atom. The van der Waals surface area contributed by atoms with E-state index in [-0.39, 0.29) is 12.3 Å². The van der Waals surface area contributed by atoms with E-state index in [1.54, 1.807) is 12.1 Å². The molecule has 0 fully saturated rings. The SMILES string of the molecule is Cc1ccc(OCC(=O)NNc2ccc(C(F)(F)F)cc2[N+](=O)[O-])cc1C. The second-order valence-electron chi connectivity index (χ2n) is 5.69. The zero-order valence-corrected chi connectivity index (χ0v) is 14.4. The fourth-order valence-electron chi connectivity index (χ4n) is 2.09. The number of hydrogen-bond donors (Lipinski definition) is 2. The van der Waals surface area contributed by atoms with Crippen molar-refractivity contribution in [2.75, 3.05) is 12.0 Å². The summed E-state index contributed by atoms with van der Waals surface area (Å²) in [7, 11) is 0. The number of ether oxygens (including phenoxy) is 1. The van der Waals surface area contributed by atoms with Crippen molar-refractivity contribution < 1.29 is 27.6 Å². The van der Waals surface area contributed by atoms with Gasteiger partial charge in [-0.05, 0) is 49.2 Å². The second kappa shape index (κ2) is 7.94. The zero-order chi connectivity index (χ0) is 20.2. The fraction of sp³-hybridized carbons (Fsp3) is 0.235. The van der Waals surface area contributed by atoms with Crippen molar-refractivity contribution in [2.24, 2.45) is 0 Å². The van der Waals surface area contributed by atoms with Crippen LogP contribution in [0.4, 0.5) is 24.5 Å². The summed E-state index contributed by atoms with van der Waals surface area (Å²) in [5.41, 5.74) is 4.16. The maximum Gasteiger partial charge on any atom is 0.416 e. The van der Waals surface area contributed by atoms with Gasteiger partial charge < -0.3 is 4.74 Å². The molecule has 7 nitrogen and oxygen atoms in total. The molecule has 0 aliphatic carbocycles. The van der Waals surface area contributed by atoms with Crippen molar-refractivity contribution in [2.45, 2.75) is 20.0 Å². The number of benzene rings is 2. The number of amides is 1. The number of nitro groups is 1. The van der Waals surface area contributed by atoms with Crippen molar-refractivity contribution >= 4 is 17.3 Å². The first-order valence-electron chi connectivity index (χ1n) is 7.68. The van der Waals surface area contributed by atoms with Crippen LogP contribution in [0.5, 0.6) is 5.75 Å². The lowest BCUT2D eigenvalue weighted by atomic mass is 10.1. The van der Waals surface area contributed by atoms with E-state index in [1.165, 1.54) is 0 Å². The molecular weight excluding hydrogens is 367 g/mol. The number of nitrogens with one attached hydrogen (secondary N) is 2. The van der Waals surface area contributed by atoms with E-state index in [0.717, 1.165) is 17.2 Å². The van der Waals surface area contributed by atoms with Gasteiger partial charge in [0.2, 0.25) is 0 Å². The van der Waals surface area contributed by atoms with E-state index in [1.807, 2.05) is 19.9 Å². The summed E-state index contributed by atoms with van der Waals surface area (Å²) in [5.74, 6) is -0.198. The molecule has 0 aliphatic rings. The van der Waals surface area contributed by atoms with E-state index < -0.39 is 28.3 Å². The number of aryl methyl sites for hydroxylation is 2. The molecule has 0 spiro atoms. The summed E-state index contributed by atoms with van der Waals surface area (Å²) < 4.78 is 43.3. The van der Waals surface area contributed by atoms with Gasteiger partial charge in [0, 0.05) is 6.07 Å². The highest BCUT2D eigenvalue weighted by Gasteiger charge is 2.33. The van der Waals surface area contributed by atoms with E-state index in [0.29, 0.717) is 17.9 Å². The highest BCUT2D eigenvalue weighted by molar-refractivity contribution is 5.79. The van der Waals surface area contributed by atoms with Gasteiger partial charge in [0.15, 0.2) is 6.61 Å². The predicted octanol–water partition coefficient (Wildman–Crippen LogP) is 3.75. The second-order valence-corrected chi connectivity index (χ2v) is 5.69. The molecule has 2 rings (SSSR count). The van der Waals surface area contributed by atoms with E-state index >= 15 is 0 Å². The smallest absolute Gasteiger partial charge is 0.416 e. The first-order chi connectivity index (χ1) is 12.6. The van der Waals surface area contributed by atoms with Crippen LogP contribution < -0.4 is 15.6 Å². The van der Waals surface area contributed by atoms with Crippen LogP contribution in [0.1, 0.15) is 16.7 Å². The Balaban J connectivity index is 1.99. The minimum atomic E-state index is -4.72. The molecule has 0 atom stereocenters. The Kier molecular flexibility index (Phi) is 5.88. The maximum atomic E-state index is 12.7. The molecule has 27 heavy (non-hydrogen) atoms. The number of carbonyl (C=O) groups excluding carboxylic acids is 1. The summed E-state index contributed by atoms with van der Waals surface area (Å²) in [6, 6.07) is 7.19. The van der Waals surface area contributed by atoms with Gasteiger partial charge in [0.25, 0.3) is 11.6 Å². The lowest BCUT2D eigenvalue weighted by molar-refractivity contribution is -0.384. The van der Waals surface area contributed by atoms with Crippen molar-refractivity contribution in [3.63, 3.8) is 0 Å². The number of alkyl halides is 3. The third-order valence-electron chi connectivity index (χ3n) is 3.71. The number of nitro benzene ring substituents is 1. The molecule has 2 N–H and O–H groups in total. The monoisotopic (exact) mass is 383 g/mol. The van der Waals surface area contributed by atoms with E-state index in [2.05, 4.69) is 10.9 Å². The molecule has 1 amide bonds. The lowest BCUT2D eigenvalue weighted by Gasteiger charge is -2.12. The largest absolute Gasteiger partial charge is 0.484 e. The van der Waals surface area contributed by atoms with Crippen LogP contribution in [0.15, 0.2) is 36.4 Å². The van der Waals surface area contributed by atoms with Gasteiger partial charge in [-0.1, -0.05) is 6.07 Å². The first-order valence-corrected chi connectivity index (χ1v) is 7.68. The minimum Gasteiger partial charge on any atom is -0.484 e. The number of hydrazine groups is 1. The molecule has 0 unspecified atom stereocenters. The predicted molar refractivity (Wildman–Crippen MR) is 91.3 cm³/mol. The van der Waals surface area contributed by atoms with Crippen molar-refractivity contribution in [1.82, 2.24) is 5.43 Å². The molecule has 0 heterocycles. The molecule has 2 aromatic carbocycles. The third kappa shape index (κ3) is 5.33. The molecule has 2 aromatic rings. The number of rotatable bonds is 6. The number of nitrogens with zero attached hydrogens (tertiary/aromatic N) is 1. The topological polar surface area (TPSA) is 93.5 Å². The van der Waals surface area contributed by atoms with Crippen LogP contribution in [0.25, 0.3) is 0 Å². The summed E-state index contributed by atoms with van der Waals surface area (Å²) in [6.45, 7) is 3.42. The number of carbonyl (C=O) groups is 1. The standard InChI is InChI=1S/C17H16F3N3O4/c1-10-3-5-13(7-11(10)2)27-9-16(24)22-21-14-6-4-12(17(18,19)20)8-15(14)23(25)26/h3-8,21H,9H2,1-2H3,(H,22,24). The van der Waals surface area contributed by atoms with Crippen LogP contribution in [0.3, 0.4) is 0 Å². The Bertz CT molecular complexity index is 869. The average molecular weight is 383 g/mol. The van der Waals surface area contributed by atoms with Crippen LogP contribution in [0.2, 0.25) is 0 Å². The van der Waals surface area contributed by atoms with Crippen LogP contribution >= 0.6 is 0 Å². The van der Waals surface area contributed by atoms with Crippen molar-refractivity contribution in [3.05, 3.63) is 63.2 Å². The molecule has 0 aromatic heterocycles. The highest BCUT2D eigenvalue weighted by Crippen LogP contribution is 2.34. The van der Waals surface area contributed by atoms with Gasteiger partial charge in [-0.3, -0.25) is 25.8 Å². The van der Waals surface area contributed by atoms with Gasteiger partial charge in [0.05, 0.1) is 10.5 Å². The molecule has 0 aliphatic heterocycles. The Hall–Kier alpha value is -3.30. The normalized spacial score (nSPS) is 11.0. The average Bonchev–Trinajstić information content (AvgIpc) is 2.59. The molecule has 0 saturated carbocycles. The minimum absolute atomic E-state index is 0.285. The summed E-state index contributed by atoms with van der Waals surface area (Å²) >= 11 is 0. The van der Waals surface area contributed by atoms with Gasteiger partial charge in [-0.2, -0.15) is 13.2 Å². The van der Waals surface area contributed by atoms with Crippen LogP contribution in [-0.4, -0.2) is 17.4 Å². The molecule has 144 valence electrons. The molecule has 0 saturated heterocycles. The van der Waals surface area contributed by atoms with Gasteiger partial charge >= 0.3 is 6.18 Å². The maximum absolute atomic E-state index is 12.7. The molecular formula is C17H16F3N3O4. The Morgan fingerprint density at radius 1 is 1.15 bits per heavy atom. The molecule has 10 heteroatoms. The van der Waals surface area contributed by atoms with Crippen molar-refractivity contribution in [3.8, 4) is 5.75 Å². The summed E-state index contributed by atoms with van der Waals surface area (Å²) in [6.07, 6.45) is -4.72. The van der Waals surface area contributed by atoms with Gasteiger partial charge in [0.1, 0.15) is 11.4 Å². The van der Waals surface area contributed by atoms with Gasteiger partial charge in [-0.15, -0.1) is 0 Å². The van der Waals surface area contributed by atoms with E-state index in [9.17, 15) is 28.1 Å². The fourth-order valence-corrected chi connectivity index (χ4v) is 2.09. The summed E-state index contributed by atoms with van der Waals surface area (Å²) in [5, 5.41) is 11.0. The number of hydrogen-bond acceptors (Lipinski definition) is 5. The van der Waals surface area contributed by atoms with Crippen LogP contribution in [-0.2, 0) is 11.0 Å².